The third-order valence-corrected chi connectivity index (χ3v) is 4.25. The molecule has 0 spiro atoms. The van der Waals surface area contributed by atoms with Crippen LogP contribution in [-0.2, 0) is 18.3 Å². The van der Waals surface area contributed by atoms with Crippen LogP contribution in [0.25, 0.3) is 11.0 Å². The number of aromatic nitrogens is 2. The van der Waals surface area contributed by atoms with E-state index < -0.39 is 0 Å². The maximum atomic E-state index is 12.1. The van der Waals surface area contributed by atoms with Crippen LogP contribution in [0.15, 0.2) is 53.6 Å². The predicted molar refractivity (Wildman–Crippen MR) is 107 cm³/mol. The summed E-state index contributed by atoms with van der Waals surface area (Å²) in [6.07, 6.45) is 3.94. The van der Waals surface area contributed by atoms with Crippen LogP contribution < -0.4 is 10.2 Å². The van der Waals surface area contributed by atoms with Crippen molar-refractivity contribution in [2.75, 3.05) is 6.61 Å². The number of amides is 1. The van der Waals surface area contributed by atoms with Gasteiger partial charge in [-0.2, -0.15) is 5.10 Å². The van der Waals surface area contributed by atoms with Gasteiger partial charge in [0.05, 0.1) is 30.3 Å². The Labute approximate surface area is 158 Å². The number of ether oxygens (including phenoxy) is 1. The van der Waals surface area contributed by atoms with Gasteiger partial charge in [-0.1, -0.05) is 25.5 Å². The lowest BCUT2D eigenvalue weighted by molar-refractivity contribution is -0.120. The number of imidazole rings is 1. The highest BCUT2D eigenvalue weighted by Gasteiger charge is 2.10. The molecule has 0 saturated heterocycles. The molecule has 1 heterocycles. The zero-order chi connectivity index (χ0) is 19.1. The van der Waals surface area contributed by atoms with Crippen LogP contribution >= 0.6 is 0 Å². The molecule has 1 aromatic heterocycles. The Balaban J connectivity index is 1.53. The van der Waals surface area contributed by atoms with E-state index in [1.165, 1.54) is 0 Å². The van der Waals surface area contributed by atoms with Crippen molar-refractivity contribution in [3.63, 3.8) is 0 Å². The largest absolute Gasteiger partial charge is 0.494 e. The minimum absolute atomic E-state index is 0.173. The molecule has 3 aromatic rings. The number of rotatable bonds is 8. The highest BCUT2D eigenvalue weighted by molar-refractivity contribution is 5.84. The molecule has 1 N–H and O–H groups in total. The normalized spacial score (nSPS) is 11.2. The number of unbranched alkanes of at least 4 members (excludes halogenated alkanes) is 1. The van der Waals surface area contributed by atoms with Gasteiger partial charge in [-0.15, -0.1) is 0 Å². The molecule has 0 bridgehead atoms. The SMILES string of the molecule is CCCCOc1ccc(/C=N/NC(=O)Cc2nc3ccccc3n2C)cc1. The van der Waals surface area contributed by atoms with Crippen molar-refractivity contribution >= 4 is 23.2 Å². The molecular weight excluding hydrogens is 340 g/mol. The average molecular weight is 364 g/mol. The molecule has 1 amide bonds. The second-order valence-corrected chi connectivity index (χ2v) is 6.32. The van der Waals surface area contributed by atoms with Crippen LogP contribution in [0.5, 0.6) is 5.75 Å². The average Bonchev–Trinajstić information content (AvgIpc) is 2.99. The molecule has 6 nitrogen and oxygen atoms in total. The molecule has 0 aliphatic heterocycles. The number of aryl methyl sites for hydroxylation is 1. The Bertz CT molecular complexity index is 929. The lowest BCUT2D eigenvalue weighted by Gasteiger charge is -2.05. The first-order valence-corrected chi connectivity index (χ1v) is 9.12. The summed E-state index contributed by atoms with van der Waals surface area (Å²) in [6, 6.07) is 15.4. The monoisotopic (exact) mass is 364 g/mol. The number of nitrogens with one attached hydrogen (secondary N) is 1. The molecule has 27 heavy (non-hydrogen) atoms. The van der Waals surface area contributed by atoms with Crippen molar-refractivity contribution in [3.05, 3.63) is 59.9 Å². The number of carbonyl (C=O) groups excluding carboxylic acids is 1. The molecule has 0 unspecified atom stereocenters. The van der Waals surface area contributed by atoms with Crippen molar-refractivity contribution in [2.45, 2.75) is 26.2 Å². The summed E-state index contributed by atoms with van der Waals surface area (Å²) >= 11 is 0. The first-order valence-electron chi connectivity index (χ1n) is 9.12. The van der Waals surface area contributed by atoms with Gasteiger partial charge in [0, 0.05) is 7.05 Å². The van der Waals surface area contributed by atoms with Crippen LogP contribution in [0.3, 0.4) is 0 Å². The van der Waals surface area contributed by atoms with E-state index in [1.54, 1.807) is 6.21 Å². The van der Waals surface area contributed by atoms with E-state index in [4.69, 9.17) is 4.74 Å². The second-order valence-electron chi connectivity index (χ2n) is 6.32. The van der Waals surface area contributed by atoms with E-state index >= 15 is 0 Å². The fraction of sp³-hybridized carbons (Fsp3) is 0.286. The molecule has 0 atom stereocenters. The van der Waals surface area contributed by atoms with E-state index in [1.807, 2.05) is 60.1 Å². The lowest BCUT2D eigenvalue weighted by Crippen LogP contribution is -2.21. The Hall–Kier alpha value is -3.15. The highest BCUT2D eigenvalue weighted by atomic mass is 16.5. The summed E-state index contributed by atoms with van der Waals surface area (Å²) in [6.45, 7) is 2.86. The number of benzene rings is 2. The fourth-order valence-electron chi connectivity index (χ4n) is 2.70. The zero-order valence-corrected chi connectivity index (χ0v) is 15.7. The van der Waals surface area contributed by atoms with Gasteiger partial charge in [0.2, 0.25) is 5.91 Å². The molecule has 0 radical (unpaired) electrons. The predicted octanol–water partition coefficient (Wildman–Crippen LogP) is 3.45. The summed E-state index contributed by atoms with van der Waals surface area (Å²) in [4.78, 5) is 16.6. The van der Waals surface area contributed by atoms with Crippen molar-refractivity contribution < 1.29 is 9.53 Å². The molecule has 0 fully saturated rings. The number of hydrogen-bond donors (Lipinski definition) is 1. The number of para-hydroxylation sites is 2. The van der Waals surface area contributed by atoms with E-state index in [9.17, 15) is 4.79 Å². The number of fused-ring (bicyclic) bond motifs is 1. The Morgan fingerprint density at radius 3 is 2.74 bits per heavy atom. The summed E-state index contributed by atoms with van der Waals surface area (Å²) in [5.41, 5.74) is 5.33. The van der Waals surface area contributed by atoms with Gasteiger partial charge in [0.25, 0.3) is 0 Å². The third-order valence-electron chi connectivity index (χ3n) is 4.25. The smallest absolute Gasteiger partial charge is 0.247 e. The Morgan fingerprint density at radius 2 is 2.00 bits per heavy atom. The highest BCUT2D eigenvalue weighted by Crippen LogP contribution is 2.14. The van der Waals surface area contributed by atoms with Gasteiger partial charge >= 0.3 is 0 Å². The van der Waals surface area contributed by atoms with E-state index in [-0.39, 0.29) is 12.3 Å². The van der Waals surface area contributed by atoms with E-state index in [2.05, 4.69) is 22.4 Å². The summed E-state index contributed by atoms with van der Waals surface area (Å²) in [7, 11) is 1.91. The number of nitrogens with zero attached hydrogens (tertiary/aromatic N) is 3. The van der Waals surface area contributed by atoms with Gasteiger partial charge in [-0.05, 0) is 48.4 Å². The molecule has 3 rings (SSSR count). The van der Waals surface area contributed by atoms with E-state index in [0.717, 1.165) is 41.8 Å². The standard InChI is InChI=1S/C21H24N4O2/c1-3-4-13-27-17-11-9-16(10-12-17)15-22-24-21(26)14-20-23-18-7-5-6-8-19(18)25(20)2/h5-12,15H,3-4,13-14H2,1-2H3,(H,24,26)/b22-15+. The fourth-order valence-corrected chi connectivity index (χ4v) is 2.70. The van der Waals surface area contributed by atoms with Crippen LogP contribution in [0.2, 0.25) is 0 Å². The maximum Gasteiger partial charge on any atom is 0.247 e. The molecule has 6 heteroatoms. The van der Waals surface area contributed by atoms with Gasteiger partial charge < -0.3 is 9.30 Å². The Kier molecular flexibility index (Phi) is 6.20. The maximum absolute atomic E-state index is 12.1. The second kappa shape index (κ2) is 8.98. The minimum atomic E-state index is -0.204. The number of hydrazone groups is 1. The summed E-state index contributed by atoms with van der Waals surface area (Å²) in [5.74, 6) is 1.34. The van der Waals surface area contributed by atoms with Crippen LogP contribution in [0, 0.1) is 0 Å². The molecule has 0 aliphatic rings. The zero-order valence-electron chi connectivity index (χ0n) is 15.7. The van der Waals surface area contributed by atoms with E-state index in [0.29, 0.717) is 5.82 Å². The van der Waals surface area contributed by atoms with Crippen molar-refractivity contribution in [2.24, 2.45) is 12.1 Å². The van der Waals surface area contributed by atoms with Crippen molar-refractivity contribution in [1.29, 1.82) is 0 Å². The van der Waals surface area contributed by atoms with Crippen LogP contribution in [0.1, 0.15) is 31.2 Å². The molecule has 0 aliphatic carbocycles. The van der Waals surface area contributed by atoms with Gasteiger partial charge in [-0.3, -0.25) is 4.79 Å². The minimum Gasteiger partial charge on any atom is -0.494 e. The van der Waals surface area contributed by atoms with Crippen molar-refractivity contribution in [1.82, 2.24) is 15.0 Å². The first kappa shape index (κ1) is 18.6. The van der Waals surface area contributed by atoms with Gasteiger partial charge in [0.15, 0.2) is 0 Å². The van der Waals surface area contributed by atoms with Crippen molar-refractivity contribution in [3.8, 4) is 5.75 Å². The quantitative estimate of drug-likeness (QED) is 0.378. The van der Waals surface area contributed by atoms with Crippen LogP contribution in [0.4, 0.5) is 0 Å². The van der Waals surface area contributed by atoms with Crippen LogP contribution in [-0.4, -0.2) is 28.3 Å². The first-order chi connectivity index (χ1) is 13.2. The number of carbonyl (C=O) groups is 1. The molecule has 140 valence electrons. The lowest BCUT2D eigenvalue weighted by atomic mass is 10.2. The molecular formula is C21H24N4O2. The topological polar surface area (TPSA) is 68.5 Å². The Morgan fingerprint density at radius 1 is 1.22 bits per heavy atom. The molecule has 0 saturated carbocycles. The third kappa shape index (κ3) is 4.94. The summed E-state index contributed by atoms with van der Waals surface area (Å²) in [5, 5.41) is 4.02. The van der Waals surface area contributed by atoms with Gasteiger partial charge in [-0.25, -0.2) is 10.4 Å². The van der Waals surface area contributed by atoms with Gasteiger partial charge in [0.1, 0.15) is 11.6 Å². The summed E-state index contributed by atoms with van der Waals surface area (Å²) < 4.78 is 7.55. The molecule has 2 aromatic carbocycles. The number of hydrogen-bond acceptors (Lipinski definition) is 4.